The van der Waals surface area contributed by atoms with Gasteiger partial charge in [-0.1, -0.05) is 86.6 Å². The lowest BCUT2D eigenvalue weighted by Gasteiger charge is -2.26. The summed E-state index contributed by atoms with van der Waals surface area (Å²) in [6.45, 7) is 4.81. The van der Waals surface area contributed by atoms with E-state index in [9.17, 15) is 20.1 Å². The van der Waals surface area contributed by atoms with Crippen molar-refractivity contribution < 1.29 is 34.3 Å². The molecule has 2 unspecified atom stereocenters. The van der Waals surface area contributed by atoms with Crippen molar-refractivity contribution in [3.05, 3.63) is 119 Å². The van der Waals surface area contributed by atoms with Gasteiger partial charge in [-0.25, -0.2) is 4.79 Å². The van der Waals surface area contributed by atoms with Crippen molar-refractivity contribution in [1.29, 1.82) is 0 Å². The number of aliphatic hydroxyl groups is 1. The number of benzene rings is 4. The third kappa shape index (κ3) is 8.79. The van der Waals surface area contributed by atoms with E-state index in [1.165, 1.54) is 50.3 Å². The van der Waals surface area contributed by atoms with Gasteiger partial charge in [0.1, 0.15) is 0 Å². The van der Waals surface area contributed by atoms with Gasteiger partial charge in [-0.3, -0.25) is 0 Å². The molecular formula is C38H44O7. The van der Waals surface area contributed by atoms with E-state index in [1.807, 2.05) is 0 Å². The number of hydrogen-bond acceptors (Lipinski definition) is 7. The fraction of sp³-hybridized carbons (Fsp3) is 0.342. The molecule has 0 radical (unpaired) electrons. The number of carbonyl (C=O) groups excluding carboxylic acids is 1. The molecule has 0 saturated carbocycles. The van der Waals surface area contributed by atoms with Gasteiger partial charge >= 0.3 is 5.97 Å². The summed E-state index contributed by atoms with van der Waals surface area (Å²) in [7, 11) is 2.88. The number of methoxy groups -OCH3 is 2. The van der Waals surface area contributed by atoms with E-state index in [1.54, 1.807) is 24.3 Å². The number of esters is 1. The first-order valence-corrected chi connectivity index (χ1v) is 15.3. The number of aromatic hydroxyl groups is 2. The highest BCUT2D eigenvalue weighted by molar-refractivity contribution is 5.82. The lowest BCUT2D eigenvalue weighted by molar-refractivity contribution is -0.154. The minimum Gasteiger partial charge on any atom is -0.504 e. The number of phenolic OH excluding ortho intramolecular Hbond substituents is 2. The average molecular weight is 613 g/mol. The first kappa shape index (κ1) is 33.4. The Bertz CT molecular complexity index is 1480. The van der Waals surface area contributed by atoms with E-state index in [0.717, 1.165) is 5.56 Å². The average Bonchev–Trinajstić information content (AvgIpc) is 3.32. The topological polar surface area (TPSA) is 105 Å². The number of phenols is 2. The Balaban J connectivity index is 0.000000222. The Morgan fingerprint density at radius 1 is 0.733 bits per heavy atom. The quantitative estimate of drug-likeness (QED) is 0.165. The maximum Gasteiger partial charge on any atom is 0.338 e. The monoisotopic (exact) mass is 612 g/mol. The van der Waals surface area contributed by atoms with E-state index < -0.39 is 17.5 Å². The first-order chi connectivity index (χ1) is 21.6. The lowest BCUT2D eigenvalue weighted by Crippen LogP contribution is -2.44. The largest absolute Gasteiger partial charge is 0.504 e. The fourth-order valence-electron chi connectivity index (χ4n) is 5.70. The second kappa shape index (κ2) is 15.5. The highest BCUT2D eigenvalue weighted by atomic mass is 16.6. The van der Waals surface area contributed by atoms with E-state index >= 15 is 0 Å². The van der Waals surface area contributed by atoms with Crippen LogP contribution in [0.5, 0.6) is 23.0 Å². The van der Waals surface area contributed by atoms with Crippen molar-refractivity contribution in [2.45, 2.75) is 45.1 Å². The summed E-state index contributed by atoms with van der Waals surface area (Å²) < 4.78 is 15.3. The Labute approximate surface area is 266 Å². The molecule has 4 aromatic carbocycles. The number of cyclic esters (lactones) is 1. The van der Waals surface area contributed by atoms with Crippen LogP contribution < -0.4 is 9.47 Å². The van der Waals surface area contributed by atoms with Gasteiger partial charge in [0.25, 0.3) is 0 Å². The molecule has 0 aliphatic carbocycles. The molecule has 7 heteroatoms. The predicted molar refractivity (Wildman–Crippen MR) is 175 cm³/mol. The van der Waals surface area contributed by atoms with Crippen LogP contribution in [0.4, 0.5) is 0 Å². The second-order valence-corrected chi connectivity index (χ2v) is 11.9. The lowest BCUT2D eigenvalue weighted by atomic mass is 9.81. The molecule has 238 valence electrons. The third-order valence-electron chi connectivity index (χ3n) is 8.66. The summed E-state index contributed by atoms with van der Waals surface area (Å²) in [6, 6.07) is 31.2. The van der Waals surface area contributed by atoms with Crippen LogP contribution in [-0.4, -0.2) is 47.7 Å². The van der Waals surface area contributed by atoms with Crippen molar-refractivity contribution in [2.75, 3.05) is 20.8 Å². The molecule has 1 fully saturated rings. The van der Waals surface area contributed by atoms with Crippen molar-refractivity contribution >= 4 is 5.97 Å². The second-order valence-electron chi connectivity index (χ2n) is 11.9. The van der Waals surface area contributed by atoms with Crippen molar-refractivity contribution in [3.63, 3.8) is 0 Å². The molecule has 4 aromatic rings. The molecule has 4 atom stereocenters. The van der Waals surface area contributed by atoms with Gasteiger partial charge in [0.2, 0.25) is 0 Å². The molecule has 3 N–H and O–H groups in total. The van der Waals surface area contributed by atoms with Crippen molar-refractivity contribution in [3.8, 4) is 23.0 Å². The molecule has 1 aliphatic heterocycles. The number of ether oxygens (including phenoxy) is 3. The Kier molecular flexibility index (Phi) is 11.5. The van der Waals surface area contributed by atoms with Crippen LogP contribution in [0.15, 0.2) is 97.1 Å². The third-order valence-corrected chi connectivity index (χ3v) is 8.66. The van der Waals surface area contributed by atoms with Crippen LogP contribution in [0.2, 0.25) is 0 Å². The van der Waals surface area contributed by atoms with Gasteiger partial charge in [0.05, 0.1) is 20.8 Å². The highest BCUT2D eigenvalue weighted by Gasteiger charge is 2.51. The van der Waals surface area contributed by atoms with Gasteiger partial charge in [0, 0.05) is 12.3 Å². The fourth-order valence-corrected chi connectivity index (χ4v) is 5.70. The molecule has 0 spiro atoms. The van der Waals surface area contributed by atoms with Crippen LogP contribution in [-0.2, 0) is 35.2 Å². The van der Waals surface area contributed by atoms with Crippen LogP contribution in [0.3, 0.4) is 0 Å². The zero-order valence-electron chi connectivity index (χ0n) is 26.5. The molecule has 7 nitrogen and oxygen atoms in total. The number of hydrogen-bond donors (Lipinski definition) is 3. The highest BCUT2D eigenvalue weighted by Crippen LogP contribution is 2.36. The zero-order valence-corrected chi connectivity index (χ0v) is 26.5. The number of rotatable bonds is 11. The van der Waals surface area contributed by atoms with Crippen LogP contribution in [0, 0.1) is 17.8 Å². The molecule has 45 heavy (non-hydrogen) atoms. The summed E-state index contributed by atoms with van der Waals surface area (Å²) in [5, 5.41) is 30.5. The maximum atomic E-state index is 12.3. The predicted octanol–water partition coefficient (Wildman–Crippen LogP) is 6.55. The molecule has 1 aliphatic rings. The Morgan fingerprint density at radius 2 is 1.20 bits per heavy atom. The molecule has 0 aromatic heterocycles. The minimum absolute atomic E-state index is 0.0185. The van der Waals surface area contributed by atoms with Crippen LogP contribution in [0.25, 0.3) is 0 Å². The molecule has 5 rings (SSSR count). The Hall–Kier alpha value is -4.49. The van der Waals surface area contributed by atoms with Gasteiger partial charge in [-0.05, 0) is 77.6 Å². The van der Waals surface area contributed by atoms with E-state index in [0.29, 0.717) is 29.6 Å². The minimum atomic E-state index is -1.70. The summed E-state index contributed by atoms with van der Waals surface area (Å²) >= 11 is 0. The maximum absolute atomic E-state index is 12.3. The van der Waals surface area contributed by atoms with Gasteiger partial charge in [-0.2, -0.15) is 0 Å². The normalized spacial score (nSPS) is 18.7. The van der Waals surface area contributed by atoms with E-state index in [-0.39, 0.29) is 30.3 Å². The molecule has 1 heterocycles. The van der Waals surface area contributed by atoms with Gasteiger partial charge < -0.3 is 29.5 Å². The van der Waals surface area contributed by atoms with Gasteiger partial charge in [-0.15, -0.1) is 0 Å². The van der Waals surface area contributed by atoms with E-state index in [4.69, 9.17) is 14.2 Å². The molecular weight excluding hydrogens is 568 g/mol. The van der Waals surface area contributed by atoms with Crippen molar-refractivity contribution in [1.82, 2.24) is 0 Å². The van der Waals surface area contributed by atoms with E-state index in [2.05, 4.69) is 74.5 Å². The molecule has 0 bridgehead atoms. The standard InChI is InChI=1S/C20H22O7.C18H22/c1-25-17-8-12(3-5-15(17)21)7-14-11-27-19(23)20(14,24)10-13-4-6-16(22)18(9-13)26-2;1-15(13-17-9-5-3-6-10-17)16(2)14-18-11-7-4-8-12-18/h3-6,8-9,14,21-22,24H,7,10-11H2,1-2H3;3-12,15-16H,13-14H2,1-2H3/t14-,20-;/m0./s1. The van der Waals surface area contributed by atoms with Gasteiger partial charge in [0.15, 0.2) is 28.6 Å². The SMILES string of the molecule is CC(Cc1ccccc1)C(C)Cc1ccccc1.COc1cc(C[C@H]2COC(=O)[C@]2(O)Cc2ccc(O)c(OC)c2)ccc1O. The summed E-state index contributed by atoms with van der Waals surface area (Å²) in [5.74, 6) is 0.873. The summed E-state index contributed by atoms with van der Waals surface area (Å²) in [6.07, 6.45) is 2.75. The van der Waals surface area contributed by atoms with Crippen molar-refractivity contribution in [2.24, 2.45) is 17.8 Å². The summed E-state index contributed by atoms with van der Waals surface area (Å²) in [5.41, 5.74) is 2.64. The first-order valence-electron chi connectivity index (χ1n) is 15.3. The molecule has 0 amide bonds. The van der Waals surface area contributed by atoms with Crippen LogP contribution >= 0.6 is 0 Å². The Morgan fingerprint density at radius 3 is 1.69 bits per heavy atom. The zero-order chi connectivity index (χ0) is 32.4. The number of carbonyl (C=O) groups is 1. The smallest absolute Gasteiger partial charge is 0.338 e. The molecule has 1 saturated heterocycles. The van der Waals surface area contributed by atoms with Crippen LogP contribution in [0.1, 0.15) is 36.1 Å². The summed E-state index contributed by atoms with van der Waals surface area (Å²) in [4.78, 5) is 12.3.